The lowest BCUT2D eigenvalue weighted by atomic mass is 10.2. The molecule has 1 aliphatic heterocycles. The largest absolute Gasteiger partial charge is 0.465 e. The fourth-order valence-corrected chi connectivity index (χ4v) is 3.93. The molecule has 132 valence electrons. The maximum atomic E-state index is 11.8. The van der Waals surface area contributed by atoms with Crippen molar-refractivity contribution >= 4 is 29.3 Å². The number of esters is 1. The number of hydrogen-bond donors (Lipinski definition) is 0. The third kappa shape index (κ3) is 3.61. The molecule has 0 spiro atoms. The van der Waals surface area contributed by atoms with E-state index in [9.17, 15) is 4.79 Å². The quantitative estimate of drug-likeness (QED) is 0.620. The van der Waals surface area contributed by atoms with Crippen LogP contribution in [0.2, 0.25) is 5.02 Å². The van der Waals surface area contributed by atoms with E-state index in [1.54, 1.807) is 0 Å². The Morgan fingerprint density at radius 2 is 1.88 bits per heavy atom. The Bertz CT molecular complexity index is 912. The van der Waals surface area contributed by atoms with Gasteiger partial charge in [0.2, 0.25) is 0 Å². The molecule has 26 heavy (non-hydrogen) atoms. The van der Waals surface area contributed by atoms with E-state index >= 15 is 0 Å². The SMILES string of the molecule is O=C1OCC[C@H]1Sc1nnc(-c2ccc(Cl)cc2)n1Cc1ccccc1. The van der Waals surface area contributed by atoms with Crippen molar-refractivity contribution in [1.29, 1.82) is 0 Å². The number of aromatic nitrogens is 3. The average Bonchev–Trinajstić information content (AvgIpc) is 3.24. The molecule has 1 fully saturated rings. The van der Waals surface area contributed by atoms with Crippen LogP contribution in [0, 0.1) is 0 Å². The summed E-state index contributed by atoms with van der Waals surface area (Å²) in [7, 11) is 0. The molecule has 0 radical (unpaired) electrons. The van der Waals surface area contributed by atoms with E-state index < -0.39 is 0 Å². The van der Waals surface area contributed by atoms with Crippen LogP contribution in [0.25, 0.3) is 11.4 Å². The topological polar surface area (TPSA) is 57.0 Å². The highest BCUT2D eigenvalue weighted by Gasteiger charge is 2.30. The van der Waals surface area contributed by atoms with Crippen molar-refractivity contribution in [3.05, 3.63) is 65.2 Å². The Balaban J connectivity index is 1.71. The predicted molar refractivity (Wildman–Crippen MR) is 101 cm³/mol. The minimum absolute atomic E-state index is 0.183. The summed E-state index contributed by atoms with van der Waals surface area (Å²) in [6.07, 6.45) is 0.692. The Hall–Kier alpha value is -2.31. The summed E-state index contributed by atoms with van der Waals surface area (Å²) in [6.45, 7) is 1.09. The molecule has 1 aromatic heterocycles. The van der Waals surface area contributed by atoms with Crippen LogP contribution in [0.1, 0.15) is 12.0 Å². The van der Waals surface area contributed by atoms with Crippen molar-refractivity contribution in [2.24, 2.45) is 0 Å². The van der Waals surface area contributed by atoms with Gasteiger partial charge in [-0.3, -0.25) is 9.36 Å². The van der Waals surface area contributed by atoms with Gasteiger partial charge >= 0.3 is 5.97 Å². The van der Waals surface area contributed by atoms with Crippen LogP contribution in [0.4, 0.5) is 0 Å². The normalized spacial score (nSPS) is 16.7. The smallest absolute Gasteiger partial charge is 0.319 e. The van der Waals surface area contributed by atoms with Gasteiger partial charge in [0, 0.05) is 17.0 Å². The van der Waals surface area contributed by atoms with Crippen LogP contribution in [-0.4, -0.2) is 32.6 Å². The van der Waals surface area contributed by atoms with Gasteiger partial charge in [0.15, 0.2) is 11.0 Å². The van der Waals surface area contributed by atoms with E-state index in [0.29, 0.717) is 29.8 Å². The third-order valence-electron chi connectivity index (χ3n) is 4.14. The number of ether oxygens (including phenoxy) is 1. The molecule has 1 atom stereocenters. The molecule has 1 saturated heterocycles. The van der Waals surface area contributed by atoms with E-state index in [2.05, 4.69) is 22.3 Å². The van der Waals surface area contributed by atoms with Gasteiger partial charge in [-0.05, 0) is 29.8 Å². The van der Waals surface area contributed by atoms with Gasteiger partial charge in [0.05, 0.1) is 13.2 Å². The van der Waals surface area contributed by atoms with Crippen LogP contribution in [0.15, 0.2) is 59.8 Å². The molecule has 0 unspecified atom stereocenters. The van der Waals surface area contributed by atoms with Gasteiger partial charge in [0.25, 0.3) is 0 Å². The summed E-state index contributed by atoms with van der Waals surface area (Å²) < 4.78 is 7.11. The fourth-order valence-electron chi connectivity index (χ4n) is 2.81. The van der Waals surface area contributed by atoms with Crippen molar-refractivity contribution in [3.63, 3.8) is 0 Å². The summed E-state index contributed by atoms with van der Waals surface area (Å²) in [5.74, 6) is 0.566. The van der Waals surface area contributed by atoms with Crippen molar-refractivity contribution in [1.82, 2.24) is 14.8 Å². The minimum Gasteiger partial charge on any atom is -0.465 e. The molecule has 7 heteroatoms. The zero-order chi connectivity index (χ0) is 17.9. The molecule has 0 aliphatic carbocycles. The average molecular weight is 386 g/mol. The molecule has 0 bridgehead atoms. The Morgan fingerprint density at radius 1 is 1.12 bits per heavy atom. The number of halogens is 1. The van der Waals surface area contributed by atoms with E-state index in [0.717, 1.165) is 17.0 Å². The van der Waals surface area contributed by atoms with Crippen LogP contribution in [0.5, 0.6) is 0 Å². The third-order valence-corrected chi connectivity index (χ3v) is 5.62. The van der Waals surface area contributed by atoms with Crippen molar-refractivity contribution in [3.8, 4) is 11.4 Å². The molecule has 2 aromatic carbocycles. The molecular weight excluding hydrogens is 370 g/mol. The number of cyclic esters (lactones) is 1. The zero-order valence-corrected chi connectivity index (χ0v) is 15.4. The number of benzene rings is 2. The molecule has 5 nitrogen and oxygen atoms in total. The molecule has 0 N–H and O–H groups in total. The van der Waals surface area contributed by atoms with E-state index in [1.807, 2.05) is 47.0 Å². The first-order chi connectivity index (χ1) is 12.7. The second-order valence-corrected chi connectivity index (χ2v) is 7.55. The number of hydrogen-bond acceptors (Lipinski definition) is 5. The lowest BCUT2D eigenvalue weighted by Gasteiger charge is -2.12. The summed E-state index contributed by atoms with van der Waals surface area (Å²) in [6, 6.07) is 17.6. The Labute approximate surface area is 160 Å². The van der Waals surface area contributed by atoms with Gasteiger partial charge in [-0.25, -0.2) is 0 Å². The van der Waals surface area contributed by atoms with E-state index in [-0.39, 0.29) is 11.2 Å². The number of thioether (sulfide) groups is 1. The summed E-state index contributed by atoms with van der Waals surface area (Å²) in [4.78, 5) is 11.8. The molecule has 3 aromatic rings. The van der Waals surface area contributed by atoms with Crippen LogP contribution in [-0.2, 0) is 16.1 Å². The number of carbonyl (C=O) groups is 1. The first-order valence-corrected chi connectivity index (χ1v) is 9.53. The molecule has 4 rings (SSSR count). The second kappa shape index (κ2) is 7.51. The highest BCUT2D eigenvalue weighted by Crippen LogP contribution is 2.31. The lowest BCUT2D eigenvalue weighted by Crippen LogP contribution is -2.12. The minimum atomic E-state index is -0.230. The van der Waals surface area contributed by atoms with Crippen molar-refractivity contribution < 1.29 is 9.53 Å². The molecule has 1 aliphatic rings. The molecule has 0 saturated carbocycles. The van der Waals surface area contributed by atoms with Gasteiger partial charge in [-0.15, -0.1) is 10.2 Å². The monoisotopic (exact) mass is 385 g/mol. The van der Waals surface area contributed by atoms with E-state index in [4.69, 9.17) is 16.3 Å². The predicted octanol–water partition coefficient (Wildman–Crippen LogP) is 4.05. The first-order valence-electron chi connectivity index (χ1n) is 8.27. The van der Waals surface area contributed by atoms with Gasteiger partial charge in [0.1, 0.15) is 5.25 Å². The van der Waals surface area contributed by atoms with Crippen molar-refractivity contribution in [2.45, 2.75) is 23.4 Å². The lowest BCUT2D eigenvalue weighted by molar-refractivity contribution is -0.137. The van der Waals surface area contributed by atoms with Gasteiger partial charge in [-0.1, -0.05) is 53.7 Å². The van der Waals surface area contributed by atoms with Crippen LogP contribution < -0.4 is 0 Å². The van der Waals surface area contributed by atoms with E-state index in [1.165, 1.54) is 11.8 Å². The Kier molecular flexibility index (Phi) is 4.95. The highest BCUT2D eigenvalue weighted by molar-refractivity contribution is 8.00. The molecular formula is C19H16ClN3O2S. The standard InChI is InChI=1S/C19H16ClN3O2S/c20-15-8-6-14(7-9-15)17-21-22-19(26-16-10-11-25-18(16)24)23(17)12-13-4-2-1-3-5-13/h1-9,16H,10-12H2/t16-/m1/s1. The number of rotatable bonds is 5. The number of carbonyl (C=O) groups excluding carboxylic acids is 1. The van der Waals surface area contributed by atoms with Crippen molar-refractivity contribution in [2.75, 3.05) is 6.61 Å². The fraction of sp³-hybridized carbons (Fsp3) is 0.211. The van der Waals surface area contributed by atoms with Gasteiger partial charge < -0.3 is 4.74 Å². The summed E-state index contributed by atoms with van der Waals surface area (Å²) >= 11 is 7.42. The Morgan fingerprint density at radius 3 is 2.58 bits per heavy atom. The van der Waals surface area contributed by atoms with Crippen LogP contribution >= 0.6 is 23.4 Å². The highest BCUT2D eigenvalue weighted by atomic mass is 35.5. The maximum Gasteiger partial charge on any atom is 0.319 e. The first kappa shape index (κ1) is 17.1. The summed E-state index contributed by atoms with van der Waals surface area (Å²) in [5, 5.41) is 9.87. The summed E-state index contributed by atoms with van der Waals surface area (Å²) in [5.41, 5.74) is 2.07. The number of nitrogens with zero attached hydrogens (tertiary/aromatic N) is 3. The van der Waals surface area contributed by atoms with Crippen LogP contribution in [0.3, 0.4) is 0 Å². The zero-order valence-electron chi connectivity index (χ0n) is 13.8. The second-order valence-electron chi connectivity index (χ2n) is 5.95. The maximum absolute atomic E-state index is 11.8. The molecule has 2 heterocycles. The molecule has 0 amide bonds. The van der Waals surface area contributed by atoms with Gasteiger partial charge in [-0.2, -0.15) is 0 Å².